The molecular weight excluding hydrogens is 450 g/mol. The summed E-state index contributed by atoms with van der Waals surface area (Å²) >= 11 is 6.80. The monoisotopic (exact) mass is 477 g/mol. The van der Waals surface area contributed by atoms with E-state index in [1.54, 1.807) is 4.90 Å². The Labute approximate surface area is 204 Å². The second-order valence-corrected chi connectivity index (χ2v) is 9.87. The second kappa shape index (κ2) is 9.93. The Bertz CT molecular complexity index is 1220. The molecule has 0 atom stereocenters. The molecule has 0 radical (unpaired) electrons. The lowest BCUT2D eigenvalue weighted by molar-refractivity contribution is -0.122. The van der Waals surface area contributed by atoms with Crippen LogP contribution in [0, 0.1) is 6.92 Å². The van der Waals surface area contributed by atoms with Crippen LogP contribution in [0.1, 0.15) is 38.3 Å². The van der Waals surface area contributed by atoms with Gasteiger partial charge in [0.15, 0.2) is 0 Å². The van der Waals surface area contributed by atoms with E-state index in [-0.39, 0.29) is 12.0 Å². The molecule has 33 heavy (non-hydrogen) atoms. The fourth-order valence-electron chi connectivity index (χ4n) is 3.72. The van der Waals surface area contributed by atoms with Crippen molar-refractivity contribution in [3.8, 4) is 22.7 Å². The van der Waals surface area contributed by atoms with Gasteiger partial charge in [0.25, 0.3) is 5.91 Å². The molecule has 1 amide bonds. The smallest absolute Gasteiger partial charge is 0.266 e. The summed E-state index contributed by atoms with van der Waals surface area (Å²) < 4.78 is 8.31. The summed E-state index contributed by atoms with van der Waals surface area (Å²) in [7, 11) is 0. The predicted octanol–water partition coefficient (Wildman–Crippen LogP) is 6.25. The SMILES string of the molecule is CCCN1C(=O)/C(=C/c2cn(-c3ccccc3)nc2-c2ccc(OC(C)C)cc2C)SC1=S. The summed E-state index contributed by atoms with van der Waals surface area (Å²) in [4.78, 5) is 15.3. The van der Waals surface area contributed by atoms with E-state index in [1.807, 2.05) is 86.3 Å². The number of thiocarbonyl (C=S) groups is 1. The van der Waals surface area contributed by atoms with Crippen molar-refractivity contribution in [1.29, 1.82) is 0 Å². The maximum absolute atomic E-state index is 13.0. The van der Waals surface area contributed by atoms with E-state index >= 15 is 0 Å². The standard InChI is InChI=1S/C26H27N3O2S2/c1-5-13-28-25(30)23(33-26(28)32)15-19-16-29(20-9-7-6-8-10-20)27-24(19)22-12-11-21(14-18(22)4)31-17(2)3/h6-12,14-17H,5,13H2,1-4H3/b23-15-. The summed E-state index contributed by atoms with van der Waals surface area (Å²) in [5.41, 5.74) is 4.69. The molecular formula is C26H27N3O2S2. The van der Waals surface area contributed by atoms with Crippen LogP contribution in [-0.2, 0) is 4.79 Å². The van der Waals surface area contributed by atoms with E-state index in [4.69, 9.17) is 22.1 Å². The molecule has 1 aromatic heterocycles. The summed E-state index contributed by atoms with van der Waals surface area (Å²) in [6.45, 7) is 8.75. The van der Waals surface area contributed by atoms with Gasteiger partial charge in [-0.15, -0.1) is 0 Å². The zero-order valence-corrected chi connectivity index (χ0v) is 20.9. The van der Waals surface area contributed by atoms with Gasteiger partial charge >= 0.3 is 0 Å². The number of aromatic nitrogens is 2. The fourth-order valence-corrected chi connectivity index (χ4v) is 5.02. The molecule has 0 bridgehead atoms. The molecule has 1 aliphatic heterocycles. The molecule has 2 heterocycles. The Hall–Kier alpha value is -2.90. The van der Waals surface area contributed by atoms with E-state index < -0.39 is 0 Å². The minimum absolute atomic E-state index is 0.0392. The number of thioether (sulfide) groups is 1. The number of amides is 1. The van der Waals surface area contributed by atoms with Gasteiger partial charge in [0.2, 0.25) is 0 Å². The van der Waals surface area contributed by atoms with Crippen LogP contribution < -0.4 is 4.74 Å². The van der Waals surface area contributed by atoms with E-state index in [0.29, 0.717) is 15.8 Å². The molecule has 1 aliphatic rings. The van der Waals surface area contributed by atoms with Crippen molar-refractivity contribution >= 4 is 40.3 Å². The van der Waals surface area contributed by atoms with E-state index in [9.17, 15) is 4.79 Å². The lowest BCUT2D eigenvalue weighted by Crippen LogP contribution is -2.28. The van der Waals surface area contributed by atoms with Crippen molar-refractivity contribution in [2.75, 3.05) is 6.54 Å². The van der Waals surface area contributed by atoms with Gasteiger partial charge in [-0.3, -0.25) is 9.69 Å². The van der Waals surface area contributed by atoms with Crippen molar-refractivity contribution in [1.82, 2.24) is 14.7 Å². The van der Waals surface area contributed by atoms with Crippen molar-refractivity contribution in [3.63, 3.8) is 0 Å². The third-order valence-electron chi connectivity index (χ3n) is 5.20. The first-order chi connectivity index (χ1) is 15.9. The molecule has 3 aromatic rings. The van der Waals surface area contributed by atoms with Gasteiger partial charge < -0.3 is 4.74 Å². The van der Waals surface area contributed by atoms with Crippen molar-refractivity contribution < 1.29 is 9.53 Å². The highest BCUT2D eigenvalue weighted by Crippen LogP contribution is 2.36. The molecule has 170 valence electrons. The van der Waals surface area contributed by atoms with Crippen LogP contribution in [0.2, 0.25) is 0 Å². The van der Waals surface area contributed by atoms with E-state index in [0.717, 1.165) is 40.2 Å². The van der Waals surface area contributed by atoms with Gasteiger partial charge in [-0.1, -0.05) is 49.1 Å². The number of nitrogens with zero attached hydrogens (tertiary/aromatic N) is 3. The molecule has 0 N–H and O–H groups in total. The first kappa shape index (κ1) is 23.3. The molecule has 0 aliphatic carbocycles. The van der Waals surface area contributed by atoms with Gasteiger partial charge in [0.05, 0.1) is 16.7 Å². The summed E-state index contributed by atoms with van der Waals surface area (Å²) in [6.07, 6.45) is 4.85. The van der Waals surface area contributed by atoms with Gasteiger partial charge in [-0.25, -0.2) is 4.68 Å². The van der Waals surface area contributed by atoms with Crippen LogP contribution in [0.3, 0.4) is 0 Å². The average Bonchev–Trinajstić information content (AvgIpc) is 3.31. The molecule has 1 saturated heterocycles. The molecule has 7 heteroatoms. The van der Waals surface area contributed by atoms with Crippen LogP contribution in [0.5, 0.6) is 5.75 Å². The van der Waals surface area contributed by atoms with Crippen LogP contribution in [-0.4, -0.2) is 37.6 Å². The molecule has 5 nitrogen and oxygen atoms in total. The summed E-state index contributed by atoms with van der Waals surface area (Å²) in [5.74, 6) is 0.790. The van der Waals surface area contributed by atoms with Gasteiger partial charge in [0.1, 0.15) is 15.8 Å². The molecule has 4 rings (SSSR count). The predicted molar refractivity (Wildman–Crippen MR) is 140 cm³/mol. The number of aryl methyl sites for hydroxylation is 1. The average molecular weight is 478 g/mol. The highest BCUT2D eigenvalue weighted by atomic mass is 32.2. The highest BCUT2D eigenvalue weighted by molar-refractivity contribution is 8.26. The summed E-state index contributed by atoms with van der Waals surface area (Å²) in [5, 5.41) is 4.91. The zero-order chi connectivity index (χ0) is 23.5. The van der Waals surface area contributed by atoms with E-state index in [2.05, 4.69) is 6.92 Å². The van der Waals surface area contributed by atoms with Crippen molar-refractivity contribution in [2.45, 2.75) is 40.2 Å². The van der Waals surface area contributed by atoms with Crippen LogP contribution in [0.4, 0.5) is 0 Å². The Morgan fingerprint density at radius 2 is 1.94 bits per heavy atom. The Morgan fingerprint density at radius 1 is 1.18 bits per heavy atom. The van der Waals surface area contributed by atoms with Gasteiger partial charge in [0, 0.05) is 23.9 Å². The molecule has 0 spiro atoms. The number of carbonyl (C=O) groups excluding carboxylic acids is 1. The molecule has 0 unspecified atom stereocenters. The highest BCUT2D eigenvalue weighted by Gasteiger charge is 2.31. The molecule has 0 saturated carbocycles. The first-order valence-corrected chi connectivity index (χ1v) is 12.3. The number of hydrogen-bond acceptors (Lipinski definition) is 5. The number of benzene rings is 2. The first-order valence-electron chi connectivity index (χ1n) is 11.1. The van der Waals surface area contributed by atoms with Gasteiger partial charge in [-0.05, 0) is 69.2 Å². The minimum atomic E-state index is -0.0392. The van der Waals surface area contributed by atoms with Crippen molar-refractivity contribution in [3.05, 3.63) is 70.8 Å². The van der Waals surface area contributed by atoms with Crippen molar-refractivity contribution in [2.24, 2.45) is 0 Å². The minimum Gasteiger partial charge on any atom is -0.491 e. The number of ether oxygens (including phenoxy) is 1. The maximum atomic E-state index is 13.0. The Balaban J connectivity index is 1.80. The van der Waals surface area contributed by atoms with E-state index in [1.165, 1.54) is 11.8 Å². The van der Waals surface area contributed by atoms with Crippen LogP contribution >= 0.6 is 24.0 Å². The van der Waals surface area contributed by atoms with Crippen LogP contribution in [0.25, 0.3) is 23.0 Å². The third-order valence-corrected chi connectivity index (χ3v) is 6.57. The lowest BCUT2D eigenvalue weighted by Gasteiger charge is -2.12. The molecule has 1 fully saturated rings. The summed E-state index contributed by atoms with van der Waals surface area (Å²) in [6, 6.07) is 16.0. The normalized spacial score (nSPS) is 15.2. The molecule has 2 aromatic carbocycles. The zero-order valence-electron chi connectivity index (χ0n) is 19.2. The number of rotatable bonds is 7. The number of carbonyl (C=O) groups is 1. The van der Waals surface area contributed by atoms with Crippen LogP contribution in [0.15, 0.2) is 59.6 Å². The Kier molecular flexibility index (Phi) is 7.00. The quantitative estimate of drug-likeness (QED) is 0.297. The maximum Gasteiger partial charge on any atom is 0.266 e. The van der Waals surface area contributed by atoms with Gasteiger partial charge in [-0.2, -0.15) is 5.10 Å². The largest absolute Gasteiger partial charge is 0.491 e. The lowest BCUT2D eigenvalue weighted by atomic mass is 10.0. The Morgan fingerprint density at radius 3 is 2.61 bits per heavy atom. The number of para-hydroxylation sites is 1. The topological polar surface area (TPSA) is 47.4 Å². The second-order valence-electron chi connectivity index (χ2n) is 8.19. The fraction of sp³-hybridized carbons (Fsp3) is 0.269. The number of hydrogen-bond donors (Lipinski definition) is 0. The third kappa shape index (κ3) is 5.04.